The molecule has 16 heavy (non-hydrogen) atoms. The van der Waals surface area contributed by atoms with Crippen molar-refractivity contribution < 1.29 is 14.2 Å². The third kappa shape index (κ3) is 9.58. The Morgan fingerprint density at radius 1 is 0.688 bits per heavy atom. The lowest BCUT2D eigenvalue weighted by Gasteiger charge is -2.38. The Morgan fingerprint density at radius 3 is 1.00 bits per heavy atom. The Kier molecular flexibility index (Phi) is 20.8. The van der Waals surface area contributed by atoms with Crippen LogP contribution in [0.4, 0.5) is 0 Å². The first kappa shape index (κ1) is 21.6. The van der Waals surface area contributed by atoms with Crippen LogP contribution in [-0.2, 0) is 0 Å². The first-order valence-corrected chi connectivity index (χ1v) is 6.97. The van der Waals surface area contributed by atoms with Gasteiger partial charge in [-0.15, -0.1) is 0 Å². The molecule has 0 atom stereocenters. The number of rotatable bonds is 8. The molecular weight excluding hydrogens is 270 g/mol. The van der Waals surface area contributed by atoms with Crippen molar-refractivity contribution in [1.29, 1.82) is 0 Å². The highest BCUT2D eigenvalue weighted by atomic mass is 79.9. The van der Waals surface area contributed by atoms with E-state index in [9.17, 15) is 0 Å². The molecule has 0 saturated carbocycles. The molecule has 0 aromatic carbocycles. The summed E-state index contributed by atoms with van der Waals surface area (Å²) in [6, 6.07) is 0. The molecule has 0 spiro atoms. The van der Waals surface area contributed by atoms with Gasteiger partial charge in [-0.3, -0.25) is 0 Å². The molecule has 0 amide bonds. The Morgan fingerprint density at radius 2 is 0.875 bits per heavy atom. The minimum absolute atomic E-state index is 0. The zero-order valence-corrected chi connectivity index (χ0v) is 13.0. The van der Waals surface area contributed by atoms with Crippen LogP contribution in [0.15, 0.2) is 0 Å². The van der Waals surface area contributed by atoms with Crippen molar-refractivity contribution in [3.8, 4) is 0 Å². The Balaban J connectivity index is -0.000000529. The first-order valence-electron chi connectivity index (χ1n) is 6.26. The van der Waals surface area contributed by atoms with E-state index in [0.717, 1.165) is 0 Å². The van der Waals surface area contributed by atoms with Crippen molar-refractivity contribution in [2.45, 2.75) is 53.4 Å². The molecule has 0 unspecified atom stereocenters. The predicted octanol–water partition coefficient (Wildman–Crippen LogP) is 3.56. The Labute approximate surface area is 110 Å². The molecule has 0 bridgehead atoms. The number of quaternary nitrogens is 1. The fourth-order valence-electron chi connectivity index (χ4n) is 2.57. The van der Waals surface area contributed by atoms with Crippen LogP contribution in [-0.4, -0.2) is 40.3 Å². The standard InChI is InChI=1S/C12H28N.BrHO.H2O/c1-5-9-13(10-6-2,11-7-3)12-8-4;1-2;/h5-12H2,1-4H3;2H;1H2/q+1;;/p-1. The van der Waals surface area contributed by atoms with E-state index in [1.165, 1.54) is 56.3 Å². The van der Waals surface area contributed by atoms with Gasteiger partial charge >= 0.3 is 0 Å². The Bertz CT molecular complexity index is 94.1. The zero-order valence-electron chi connectivity index (χ0n) is 11.4. The van der Waals surface area contributed by atoms with E-state index in [2.05, 4.69) is 27.7 Å². The first-order chi connectivity index (χ1) is 7.24. The molecule has 0 aliphatic carbocycles. The van der Waals surface area contributed by atoms with Gasteiger partial charge in [0.25, 0.3) is 0 Å². The monoisotopic (exact) mass is 299 g/mol. The summed E-state index contributed by atoms with van der Waals surface area (Å²) in [4.78, 5) is 0. The zero-order chi connectivity index (χ0) is 12.2. The van der Waals surface area contributed by atoms with E-state index in [1.54, 1.807) is 0 Å². The minimum Gasteiger partial charge on any atom is -0.870 e. The maximum absolute atomic E-state index is 6.81. The second kappa shape index (κ2) is 15.4. The second-order valence-electron chi connectivity index (χ2n) is 4.24. The van der Waals surface area contributed by atoms with Crippen LogP contribution < -0.4 is 0 Å². The predicted molar refractivity (Wildman–Crippen MR) is 74.0 cm³/mol. The van der Waals surface area contributed by atoms with Crippen LogP contribution in [0.25, 0.3) is 0 Å². The normalized spacial score (nSPS) is 10.1. The molecule has 0 aliphatic heterocycles. The smallest absolute Gasteiger partial charge is 0.0957 e. The topological polar surface area (TPSA) is 50.2 Å². The summed E-state index contributed by atoms with van der Waals surface area (Å²) in [6.45, 7) is 14.8. The fraction of sp³-hybridized carbons (Fsp3) is 1.00. The summed E-state index contributed by atoms with van der Waals surface area (Å²) < 4.78 is 8.19. The van der Waals surface area contributed by atoms with Gasteiger partial charge in [0.1, 0.15) is 0 Å². The molecule has 102 valence electrons. The van der Waals surface area contributed by atoms with E-state index >= 15 is 0 Å². The summed E-state index contributed by atoms with van der Waals surface area (Å²) in [6.07, 6.45) is 5.33. The molecule has 2 N–H and O–H groups in total. The van der Waals surface area contributed by atoms with Gasteiger partial charge in [-0.25, -0.2) is 0 Å². The lowest BCUT2D eigenvalue weighted by atomic mass is 10.2. The van der Waals surface area contributed by atoms with Crippen LogP contribution in [0.5, 0.6) is 0 Å². The largest absolute Gasteiger partial charge is 0.870 e. The van der Waals surface area contributed by atoms with Gasteiger partial charge in [-0.1, -0.05) is 27.7 Å². The van der Waals surface area contributed by atoms with E-state index in [0.29, 0.717) is 0 Å². The van der Waals surface area contributed by atoms with Crippen LogP contribution in [0.3, 0.4) is 0 Å². The molecule has 0 rings (SSSR count). The maximum atomic E-state index is 6.81. The van der Waals surface area contributed by atoms with Crippen molar-refractivity contribution in [3.63, 3.8) is 0 Å². The lowest BCUT2D eigenvalue weighted by Crippen LogP contribution is -2.50. The average molecular weight is 300 g/mol. The molecular formula is C12H30BrNO2. The fourth-order valence-corrected chi connectivity index (χ4v) is 2.57. The molecule has 0 aromatic rings. The van der Waals surface area contributed by atoms with E-state index in [-0.39, 0.29) is 5.48 Å². The van der Waals surface area contributed by atoms with Gasteiger partial charge in [0, 0.05) is 0 Å². The molecule has 0 heterocycles. The molecule has 0 radical (unpaired) electrons. The van der Waals surface area contributed by atoms with Gasteiger partial charge in [-0.2, -0.15) is 0 Å². The van der Waals surface area contributed by atoms with Gasteiger partial charge < -0.3 is 14.2 Å². The van der Waals surface area contributed by atoms with Gasteiger partial charge in [0.15, 0.2) is 0 Å². The number of nitrogens with zero attached hydrogens (tertiary/aromatic N) is 1. The van der Waals surface area contributed by atoms with Crippen molar-refractivity contribution in [3.05, 3.63) is 0 Å². The molecule has 3 nitrogen and oxygen atoms in total. The van der Waals surface area contributed by atoms with E-state index in [4.69, 9.17) is 4.20 Å². The van der Waals surface area contributed by atoms with Crippen molar-refractivity contribution in [1.82, 2.24) is 0 Å². The Hall–Kier alpha value is 0.360. The summed E-state index contributed by atoms with van der Waals surface area (Å²) in [7, 11) is 0. The summed E-state index contributed by atoms with van der Waals surface area (Å²) >= 11 is 1.94. The lowest BCUT2D eigenvalue weighted by molar-refractivity contribution is -0.928. The number of hydrogen-bond acceptors (Lipinski definition) is 2. The van der Waals surface area contributed by atoms with Gasteiger partial charge in [0.05, 0.1) is 42.4 Å². The summed E-state index contributed by atoms with van der Waals surface area (Å²) in [5, 5.41) is 0. The highest BCUT2D eigenvalue weighted by Crippen LogP contribution is 2.12. The number of halogens is 1. The van der Waals surface area contributed by atoms with Crippen LogP contribution in [0.1, 0.15) is 53.4 Å². The van der Waals surface area contributed by atoms with Gasteiger partial charge in [0.2, 0.25) is 0 Å². The van der Waals surface area contributed by atoms with E-state index < -0.39 is 0 Å². The molecule has 4 heteroatoms. The molecule has 0 aliphatic rings. The molecule has 0 aromatic heterocycles. The van der Waals surface area contributed by atoms with Crippen molar-refractivity contribution in [2.24, 2.45) is 0 Å². The van der Waals surface area contributed by atoms with Crippen LogP contribution in [0, 0.1) is 0 Å². The van der Waals surface area contributed by atoms with Crippen LogP contribution >= 0.6 is 16.3 Å². The van der Waals surface area contributed by atoms with Gasteiger partial charge in [-0.05, 0) is 25.7 Å². The highest BCUT2D eigenvalue weighted by Gasteiger charge is 2.22. The quantitative estimate of drug-likeness (QED) is 0.697. The SMILES string of the molecule is CCC[N+](CCC)(CCC)CCC.OBr.[OH-]. The highest BCUT2D eigenvalue weighted by molar-refractivity contribution is 9.05. The third-order valence-electron chi connectivity index (χ3n) is 2.79. The second-order valence-corrected chi connectivity index (χ2v) is 4.24. The summed E-state index contributed by atoms with van der Waals surface area (Å²) in [5.74, 6) is 0. The summed E-state index contributed by atoms with van der Waals surface area (Å²) in [5.41, 5.74) is 0. The van der Waals surface area contributed by atoms with E-state index in [1.807, 2.05) is 16.3 Å². The molecule has 0 fully saturated rings. The third-order valence-corrected chi connectivity index (χ3v) is 2.79. The molecule has 0 saturated heterocycles. The van der Waals surface area contributed by atoms with Crippen molar-refractivity contribution >= 4 is 16.3 Å². The van der Waals surface area contributed by atoms with Crippen LogP contribution in [0.2, 0.25) is 0 Å². The maximum Gasteiger partial charge on any atom is 0.0957 e. The average Bonchev–Trinajstić information content (AvgIpc) is 2.22. The van der Waals surface area contributed by atoms with Crippen molar-refractivity contribution in [2.75, 3.05) is 26.2 Å². The number of hydrogen-bond donors (Lipinski definition) is 1. The minimum atomic E-state index is 0.